The Labute approximate surface area is 192 Å². The van der Waals surface area contributed by atoms with Gasteiger partial charge in [0, 0.05) is 25.2 Å². The zero-order valence-electron chi connectivity index (χ0n) is 18.6. The first kappa shape index (κ1) is 27.6. The maximum atomic E-state index is 10.8. The zero-order valence-corrected chi connectivity index (χ0v) is 21.0. The number of rotatable bonds is 12. The van der Waals surface area contributed by atoms with Crippen LogP contribution in [0.3, 0.4) is 0 Å². The van der Waals surface area contributed by atoms with Crippen molar-refractivity contribution < 1.29 is 19.3 Å². The minimum absolute atomic E-state index is 0. The van der Waals surface area contributed by atoms with Crippen LogP contribution in [0, 0.1) is 0 Å². The Hall–Kier alpha value is -1.42. The molecule has 7 nitrogen and oxygen atoms in total. The highest BCUT2D eigenvalue weighted by Crippen LogP contribution is 2.34. The summed E-state index contributed by atoms with van der Waals surface area (Å²) in [5, 5.41) is 17.3. The van der Waals surface area contributed by atoms with Crippen molar-refractivity contribution in [1.29, 1.82) is 0 Å². The summed E-state index contributed by atoms with van der Waals surface area (Å²) in [6.07, 6.45) is 3.39. The van der Waals surface area contributed by atoms with Gasteiger partial charge in [-0.25, -0.2) is 4.99 Å². The molecule has 168 valence electrons. The number of nitrogens with zero attached hydrogens (tertiary/aromatic N) is 1. The van der Waals surface area contributed by atoms with Crippen LogP contribution in [0.2, 0.25) is 0 Å². The normalized spacial score (nSPS) is 11.5. The molecule has 8 heteroatoms. The quantitative estimate of drug-likeness (QED) is 0.220. The Morgan fingerprint density at radius 3 is 1.93 bits per heavy atom. The van der Waals surface area contributed by atoms with E-state index in [1.807, 2.05) is 19.1 Å². The van der Waals surface area contributed by atoms with Crippen LogP contribution in [0.5, 0.6) is 17.2 Å². The van der Waals surface area contributed by atoms with Gasteiger partial charge in [0.15, 0.2) is 5.96 Å². The Morgan fingerprint density at radius 1 is 0.966 bits per heavy atom. The van der Waals surface area contributed by atoms with Crippen LogP contribution in [-0.4, -0.2) is 51.1 Å². The summed E-state index contributed by atoms with van der Waals surface area (Å²) in [6.45, 7) is 7.73. The second kappa shape index (κ2) is 14.5. The summed E-state index contributed by atoms with van der Waals surface area (Å²) in [4.78, 5) is 4.66. The molecule has 0 aromatic heterocycles. The predicted octanol–water partition coefficient (Wildman–Crippen LogP) is 3.72. The maximum Gasteiger partial charge on any atom is 0.191 e. The predicted molar refractivity (Wildman–Crippen MR) is 129 cm³/mol. The number of hydrogen-bond donors (Lipinski definition) is 3. The lowest BCUT2D eigenvalue weighted by molar-refractivity contribution is 0.0257. The zero-order chi connectivity index (χ0) is 21.0. The van der Waals surface area contributed by atoms with Crippen molar-refractivity contribution in [3.05, 3.63) is 17.7 Å². The van der Waals surface area contributed by atoms with Gasteiger partial charge in [-0.3, -0.25) is 0 Å². The number of benzene rings is 1. The second-order valence-electron chi connectivity index (χ2n) is 6.78. The number of guanidine groups is 1. The minimum atomic E-state index is -0.727. The highest BCUT2D eigenvalue weighted by molar-refractivity contribution is 14.0. The van der Waals surface area contributed by atoms with Crippen LogP contribution in [0.15, 0.2) is 17.1 Å². The summed E-state index contributed by atoms with van der Waals surface area (Å²) in [6, 6.07) is 3.63. The molecule has 0 unspecified atom stereocenters. The molecule has 0 aliphatic heterocycles. The molecular weight excluding hydrogens is 485 g/mol. The maximum absolute atomic E-state index is 10.8. The number of aliphatic imine (C=N–C) groups is 1. The van der Waals surface area contributed by atoms with Gasteiger partial charge in [0.25, 0.3) is 0 Å². The Balaban J connectivity index is 0.00000784. The van der Waals surface area contributed by atoms with E-state index < -0.39 is 5.60 Å². The molecule has 1 rings (SSSR count). The van der Waals surface area contributed by atoms with Crippen molar-refractivity contribution in [2.75, 3.05) is 34.4 Å². The van der Waals surface area contributed by atoms with E-state index in [0.29, 0.717) is 36.3 Å². The van der Waals surface area contributed by atoms with Gasteiger partial charge >= 0.3 is 0 Å². The van der Waals surface area contributed by atoms with E-state index in [-0.39, 0.29) is 24.0 Å². The lowest BCUT2D eigenvalue weighted by Gasteiger charge is -2.28. The minimum Gasteiger partial charge on any atom is -0.496 e. The highest BCUT2D eigenvalue weighted by atomic mass is 127. The number of halogens is 1. The van der Waals surface area contributed by atoms with Crippen molar-refractivity contribution >= 4 is 29.9 Å². The van der Waals surface area contributed by atoms with Crippen molar-refractivity contribution in [2.45, 2.75) is 58.6 Å². The summed E-state index contributed by atoms with van der Waals surface area (Å²) < 4.78 is 16.3. The average Bonchev–Trinajstić information content (AvgIpc) is 2.69. The summed E-state index contributed by atoms with van der Waals surface area (Å²) >= 11 is 0. The highest BCUT2D eigenvalue weighted by Gasteiger charge is 2.25. The molecule has 0 aliphatic rings. The topological polar surface area (TPSA) is 84.3 Å². The standard InChI is InChI=1S/C21H37N3O4.HI/c1-7-10-21(25,11-8-2)15-24-20(22-9-3)23-14-17-18(27-5)12-16(26-4)13-19(17)28-6;/h12-13,25H,7-11,14-15H2,1-6H3,(H2,22,23,24);1H. The molecule has 1 aromatic rings. The van der Waals surface area contributed by atoms with E-state index in [0.717, 1.165) is 37.8 Å². The Morgan fingerprint density at radius 2 is 1.52 bits per heavy atom. The van der Waals surface area contributed by atoms with E-state index in [2.05, 4.69) is 29.5 Å². The van der Waals surface area contributed by atoms with Gasteiger partial charge in [0.2, 0.25) is 0 Å². The van der Waals surface area contributed by atoms with Gasteiger partial charge in [-0.2, -0.15) is 0 Å². The first-order valence-electron chi connectivity index (χ1n) is 10.00. The fraction of sp³-hybridized carbons (Fsp3) is 0.667. The number of methoxy groups -OCH3 is 3. The van der Waals surface area contributed by atoms with E-state index in [4.69, 9.17) is 14.2 Å². The van der Waals surface area contributed by atoms with E-state index >= 15 is 0 Å². The third-order valence-electron chi connectivity index (χ3n) is 4.57. The summed E-state index contributed by atoms with van der Waals surface area (Å²) in [7, 11) is 4.83. The molecule has 0 aliphatic carbocycles. The van der Waals surface area contributed by atoms with Crippen LogP contribution in [0.1, 0.15) is 52.0 Å². The monoisotopic (exact) mass is 523 g/mol. The van der Waals surface area contributed by atoms with E-state index in [1.54, 1.807) is 21.3 Å². The third kappa shape index (κ3) is 8.86. The SMILES string of the molecule is CCCC(O)(CCC)CNC(=NCc1c(OC)cc(OC)cc1OC)NCC.I. The largest absolute Gasteiger partial charge is 0.496 e. The fourth-order valence-electron chi connectivity index (χ4n) is 3.21. The van der Waals surface area contributed by atoms with Gasteiger partial charge in [0.1, 0.15) is 17.2 Å². The number of nitrogens with one attached hydrogen (secondary N) is 2. The average molecular weight is 523 g/mol. The second-order valence-corrected chi connectivity index (χ2v) is 6.78. The summed E-state index contributed by atoms with van der Waals surface area (Å²) in [5.74, 6) is 2.62. The molecule has 0 radical (unpaired) electrons. The van der Waals surface area contributed by atoms with Crippen LogP contribution < -0.4 is 24.8 Å². The fourth-order valence-corrected chi connectivity index (χ4v) is 3.21. The van der Waals surface area contributed by atoms with E-state index in [9.17, 15) is 5.11 Å². The lowest BCUT2D eigenvalue weighted by atomic mass is 9.93. The molecule has 3 N–H and O–H groups in total. The molecule has 0 saturated heterocycles. The Bertz CT molecular complexity index is 595. The van der Waals surface area contributed by atoms with Gasteiger partial charge in [0.05, 0.1) is 39.0 Å². The molecular formula is C21H38IN3O4. The molecule has 0 amide bonds. The molecule has 0 bridgehead atoms. The van der Waals surface area contributed by atoms with Crippen molar-refractivity contribution in [3.8, 4) is 17.2 Å². The van der Waals surface area contributed by atoms with Gasteiger partial charge in [-0.1, -0.05) is 26.7 Å². The number of ether oxygens (including phenoxy) is 3. The molecule has 0 spiro atoms. The van der Waals surface area contributed by atoms with Gasteiger partial charge in [-0.05, 0) is 19.8 Å². The lowest BCUT2D eigenvalue weighted by Crippen LogP contribution is -2.47. The molecule has 0 fully saturated rings. The van der Waals surface area contributed by atoms with Gasteiger partial charge in [-0.15, -0.1) is 24.0 Å². The van der Waals surface area contributed by atoms with Crippen molar-refractivity contribution in [1.82, 2.24) is 10.6 Å². The van der Waals surface area contributed by atoms with E-state index in [1.165, 1.54) is 0 Å². The molecule has 0 saturated carbocycles. The van der Waals surface area contributed by atoms with Crippen molar-refractivity contribution in [2.24, 2.45) is 4.99 Å². The first-order chi connectivity index (χ1) is 13.5. The molecule has 29 heavy (non-hydrogen) atoms. The van der Waals surface area contributed by atoms with Gasteiger partial charge < -0.3 is 30.0 Å². The molecule has 0 heterocycles. The van der Waals surface area contributed by atoms with Crippen LogP contribution in [-0.2, 0) is 6.54 Å². The molecule has 1 aromatic carbocycles. The van der Waals surface area contributed by atoms with Crippen LogP contribution in [0.4, 0.5) is 0 Å². The third-order valence-corrected chi connectivity index (χ3v) is 4.57. The Kier molecular flexibility index (Phi) is 13.8. The number of hydrogen-bond acceptors (Lipinski definition) is 5. The summed E-state index contributed by atoms with van der Waals surface area (Å²) in [5.41, 5.74) is 0.107. The van der Waals surface area contributed by atoms with Crippen LogP contribution in [0.25, 0.3) is 0 Å². The molecule has 0 atom stereocenters. The van der Waals surface area contributed by atoms with Crippen LogP contribution >= 0.6 is 24.0 Å². The van der Waals surface area contributed by atoms with Crippen molar-refractivity contribution in [3.63, 3.8) is 0 Å². The first-order valence-corrected chi connectivity index (χ1v) is 10.00. The smallest absolute Gasteiger partial charge is 0.191 e. The number of aliphatic hydroxyl groups is 1.